The minimum Gasteiger partial charge on any atom is -0.385 e. The maximum Gasteiger partial charge on any atom is 0.333 e. The van der Waals surface area contributed by atoms with Crippen molar-refractivity contribution in [1.82, 2.24) is 19.2 Å². The molecule has 0 unspecified atom stereocenters. The van der Waals surface area contributed by atoms with E-state index in [0.29, 0.717) is 16.7 Å². The van der Waals surface area contributed by atoms with Crippen LogP contribution in [0, 0.1) is 19.7 Å². The van der Waals surface area contributed by atoms with E-state index in [1.54, 1.807) is 26.0 Å². The van der Waals surface area contributed by atoms with Gasteiger partial charge in [0.05, 0.1) is 16.6 Å². The summed E-state index contributed by atoms with van der Waals surface area (Å²) in [5.74, 6) is -0.495. The lowest BCUT2D eigenvalue weighted by atomic mass is 10.2. The van der Waals surface area contributed by atoms with Gasteiger partial charge in [0.25, 0.3) is 15.6 Å². The normalized spacial score (nSPS) is 13.9. The van der Waals surface area contributed by atoms with Crippen LogP contribution >= 0.6 is 11.3 Å². The number of fused-ring (bicyclic) bond motifs is 1. The molecule has 216 valence electrons. The van der Waals surface area contributed by atoms with Gasteiger partial charge in [-0.15, -0.1) is 11.3 Å². The monoisotopic (exact) mass is 598 g/mol. The van der Waals surface area contributed by atoms with E-state index in [-0.39, 0.29) is 15.6 Å². The smallest absolute Gasteiger partial charge is 0.333 e. The summed E-state index contributed by atoms with van der Waals surface area (Å²) in [5.41, 5.74) is 0.910. The Bertz CT molecular complexity index is 1760. The van der Waals surface area contributed by atoms with Gasteiger partial charge >= 0.3 is 6.03 Å². The fourth-order valence-corrected chi connectivity index (χ4v) is 7.07. The van der Waals surface area contributed by atoms with E-state index in [1.165, 1.54) is 48.7 Å². The fourth-order valence-electron chi connectivity index (χ4n) is 4.88. The van der Waals surface area contributed by atoms with Crippen molar-refractivity contribution < 1.29 is 17.6 Å². The molecule has 10 nitrogen and oxygen atoms in total. The number of rotatable bonds is 9. The van der Waals surface area contributed by atoms with Crippen LogP contribution in [0.15, 0.2) is 57.5 Å². The van der Waals surface area contributed by atoms with Crippen LogP contribution < -0.4 is 20.9 Å². The molecule has 0 radical (unpaired) electrons. The lowest BCUT2D eigenvalue weighted by Gasteiger charge is -2.15. The van der Waals surface area contributed by atoms with E-state index in [2.05, 4.69) is 20.5 Å². The molecule has 41 heavy (non-hydrogen) atoms. The van der Waals surface area contributed by atoms with Crippen molar-refractivity contribution >= 4 is 49.7 Å². The van der Waals surface area contributed by atoms with Gasteiger partial charge in [0.2, 0.25) is 0 Å². The standard InChI is InChI=1S/C28H31FN6O4S2/c1-18-6-11-26(40-18)41(38,39)33-28(37)32-21-8-10-25(23(29)16-21)35-19(2)31-24-17-20(7-9-22(24)27(35)36)30-12-5-15-34-13-3-4-14-34/h6-11,16-17,30H,3-5,12-15H2,1-2H3,(H2,32,33,37). The molecule has 4 aromatic rings. The fraction of sp³-hybridized carbons (Fsp3) is 0.321. The first-order valence-electron chi connectivity index (χ1n) is 13.3. The summed E-state index contributed by atoms with van der Waals surface area (Å²) in [6, 6.07) is 11.0. The SMILES string of the molecule is Cc1ccc(S(=O)(=O)NC(=O)Nc2ccc(-n3c(C)nc4cc(NCCCN5CCCC5)ccc4c3=O)c(F)c2)s1. The summed E-state index contributed by atoms with van der Waals surface area (Å²) < 4.78 is 43.1. The third-order valence-electron chi connectivity index (χ3n) is 6.87. The van der Waals surface area contributed by atoms with Crippen molar-refractivity contribution in [3.8, 4) is 5.69 Å². The predicted molar refractivity (Wildman–Crippen MR) is 159 cm³/mol. The number of thiophene rings is 1. The minimum absolute atomic E-state index is 0.00856. The average molecular weight is 599 g/mol. The zero-order chi connectivity index (χ0) is 29.1. The molecule has 1 saturated heterocycles. The number of benzene rings is 2. The van der Waals surface area contributed by atoms with Crippen LogP contribution in [0.3, 0.4) is 0 Å². The molecule has 5 rings (SSSR count). The van der Waals surface area contributed by atoms with Gasteiger partial charge in [0, 0.05) is 22.8 Å². The number of nitrogens with one attached hydrogen (secondary N) is 3. The minimum atomic E-state index is -4.06. The summed E-state index contributed by atoms with van der Waals surface area (Å²) in [4.78, 5) is 33.5. The molecule has 2 amide bonds. The molecule has 3 N–H and O–H groups in total. The Hall–Kier alpha value is -3.81. The molecule has 13 heteroatoms. The average Bonchev–Trinajstić information content (AvgIpc) is 3.59. The number of aromatic nitrogens is 2. The summed E-state index contributed by atoms with van der Waals surface area (Å²) in [6.45, 7) is 7.57. The third-order valence-corrected chi connectivity index (χ3v) is 9.69. The van der Waals surface area contributed by atoms with E-state index in [0.717, 1.165) is 47.5 Å². The van der Waals surface area contributed by atoms with Crippen LogP contribution in [0.2, 0.25) is 0 Å². The Morgan fingerprint density at radius 2 is 1.80 bits per heavy atom. The summed E-state index contributed by atoms with van der Waals surface area (Å²) in [7, 11) is -4.06. The first kappa shape index (κ1) is 28.7. The van der Waals surface area contributed by atoms with Crippen LogP contribution in [-0.2, 0) is 10.0 Å². The number of urea groups is 1. The van der Waals surface area contributed by atoms with Crippen LogP contribution in [0.25, 0.3) is 16.6 Å². The molecule has 0 aliphatic carbocycles. The van der Waals surface area contributed by atoms with Gasteiger partial charge in [-0.2, -0.15) is 0 Å². The number of hydrogen-bond donors (Lipinski definition) is 3. The zero-order valence-corrected chi connectivity index (χ0v) is 24.4. The second-order valence-corrected chi connectivity index (χ2v) is 13.1. The van der Waals surface area contributed by atoms with Crippen LogP contribution in [-0.4, -0.2) is 55.1 Å². The first-order valence-corrected chi connectivity index (χ1v) is 15.6. The van der Waals surface area contributed by atoms with E-state index >= 15 is 4.39 Å². The van der Waals surface area contributed by atoms with E-state index in [4.69, 9.17) is 0 Å². The number of carbonyl (C=O) groups is 1. The predicted octanol–water partition coefficient (Wildman–Crippen LogP) is 4.61. The van der Waals surface area contributed by atoms with E-state index in [9.17, 15) is 18.0 Å². The molecule has 1 aliphatic heterocycles. The number of hydrogen-bond acceptors (Lipinski definition) is 8. The quantitative estimate of drug-likeness (QED) is 0.240. The second-order valence-electron chi connectivity index (χ2n) is 9.95. The van der Waals surface area contributed by atoms with Crippen molar-refractivity contribution in [3.05, 3.63) is 75.4 Å². The van der Waals surface area contributed by atoms with Crippen molar-refractivity contribution in [1.29, 1.82) is 0 Å². The molecule has 3 heterocycles. The molecule has 1 fully saturated rings. The number of anilines is 2. The molecular formula is C28H31FN6O4S2. The highest BCUT2D eigenvalue weighted by Crippen LogP contribution is 2.23. The van der Waals surface area contributed by atoms with E-state index < -0.39 is 27.4 Å². The van der Waals surface area contributed by atoms with Crippen molar-refractivity contribution in [2.45, 2.75) is 37.3 Å². The summed E-state index contributed by atoms with van der Waals surface area (Å²) >= 11 is 1.02. The molecule has 1 aliphatic rings. The highest BCUT2D eigenvalue weighted by atomic mass is 32.2. The zero-order valence-electron chi connectivity index (χ0n) is 22.7. The highest BCUT2D eigenvalue weighted by Gasteiger charge is 2.20. The Labute approximate surface area is 241 Å². The Kier molecular flexibility index (Phi) is 8.38. The molecule has 2 aromatic heterocycles. The van der Waals surface area contributed by atoms with Crippen molar-refractivity contribution in [3.63, 3.8) is 0 Å². The Morgan fingerprint density at radius 1 is 1.05 bits per heavy atom. The third kappa shape index (κ3) is 6.58. The van der Waals surface area contributed by atoms with Gasteiger partial charge in [0.15, 0.2) is 0 Å². The number of nitrogens with zero attached hydrogens (tertiary/aromatic N) is 3. The maximum atomic E-state index is 15.2. The molecule has 0 saturated carbocycles. The number of halogens is 1. The number of likely N-dealkylation sites (tertiary alicyclic amines) is 1. The summed E-state index contributed by atoms with van der Waals surface area (Å²) in [5, 5.41) is 6.05. The molecule has 0 spiro atoms. The van der Waals surface area contributed by atoms with Gasteiger partial charge in [0.1, 0.15) is 15.9 Å². The first-order chi connectivity index (χ1) is 19.6. The summed E-state index contributed by atoms with van der Waals surface area (Å²) in [6.07, 6.45) is 3.55. The topological polar surface area (TPSA) is 125 Å². The Balaban J connectivity index is 1.29. The highest BCUT2D eigenvalue weighted by molar-refractivity contribution is 7.92. The number of aryl methyl sites for hydroxylation is 2. The second kappa shape index (κ2) is 12.0. The molecule has 0 atom stereocenters. The number of amides is 2. The van der Waals surface area contributed by atoms with Crippen LogP contribution in [0.5, 0.6) is 0 Å². The van der Waals surface area contributed by atoms with Gasteiger partial charge in [-0.25, -0.2) is 27.3 Å². The maximum absolute atomic E-state index is 15.2. The van der Waals surface area contributed by atoms with E-state index in [1.807, 2.05) is 16.9 Å². The number of sulfonamides is 1. The molecule has 2 aromatic carbocycles. The lowest BCUT2D eigenvalue weighted by molar-refractivity contribution is 0.256. The Morgan fingerprint density at radius 3 is 2.51 bits per heavy atom. The van der Waals surface area contributed by atoms with Crippen LogP contribution in [0.1, 0.15) is 30.0 Å². The van der Waals surface area contributed by atoms with Gasteiger partial charge in [-0.05, 0) is 101 Å². The molecule has 0 bridgehead atoms. The molecular weight excluding hydrogens is 567 g/mol. The lowest BCUT2D eigenvalue weighted by Crippen LogP contribution is -2.34. The van der Waals surface area contributed by atoms with Crippen LogP contribution in [0.4, 0.5) is 20.6 Å². The van der Waals surface area contributed by atoms with Crippen molar-refractivity contribution in [2.75, 3.05) is 36.8 Å². The number of carbonyl (C=O) groups excluding carboxylic acids is 1. The van der Waals surface area contributed by atoms with Gasteiger partial charge < -0.3 is 15.5 Å². The van der Waals surface area contributed by atoms with Gasteiger partial charge in [-0.1, -0.05) is 0 Å². The van der Waals surface area contributed by atoms with Gasteiger partial charge in [-0.3, -0.25) is 9.36 Å². The largest absolute Gasteiger partial charge is 0.385 e. The van der Waals surface area contributed by atoms with Crippen molar-refractivity contribution in [2.24, 2.45) is 0 Å².